The largest absolute Gasteiger partial charge is 0.355 e. The molecule has 6 nitrogen and oxygen atoms in total. The normalized spacial score (nSPS) is 15.0. The highest BCUT2D eigenvalue weighted by Gasteiger charge is 2.22. The molecule has 21 heavy (non-hydrogen) atoms. The number of hydrogen-bond donors (Lipinski definition) is 3. The van der Waals surface area contributed by atoms with Crippen molar-refractivity contribution in [2.24, 2.45) is 4.99 Å². The second kappa shape index (κ2) is 8.42. The molecule has 3 N–H and O–H groups in total. The highest BCUT2D eigenvalue weighted by atomic mass is 127. The summed E-state index contributed by atoms with van der Waals surface area (Å²) in [6, 6.07) is 9.35. The van der Waals surface area contributed by atoms with Gasteiger partial charge in [-0.3, -0.25) is 9.71 Å². The zero-order chi connectivity index (χ0) is 14.4. The first kappa shape index (κ1) is 18.0. The Hall–Kier alpha value is -1.03. The molecule has 1 aromatic carbocycles. The molecule has 1 aromatic rings. The van der Waals surface area contributed by atoms with Crippen molar-refractivity contribution in [2.45, 2.75) is 18.9 Å². The fourth-order valence-electron chi connectivity index (χ4n) is 1.66. The zero-order valence-electron chi connectivity index (χ0n) is 11.9. The fraction of sp³-hybridized carbons (Fsp3) is 0.462. The van der Waals surface area contributed by atoms with Gasteiger partial charge in [-0.05, 0) is 25.0 Å². The lowest BCUT2D eigenvalue weighted by molar-refractivity contribution is 0.599. The smallest absolute Gasteiger partial charge is 0.234 e. The quantitative estimate of drug-likeness (QED) is 0.366. The third kappa shape index (κ3) is 6.98. The summed E-state index contributed by atoms with van der Waals surface area (Å²) in [5.41, 5.74) is 0.577. The number of hydrogen-bond acceptors (Lipinski definition) is 3. The van der Waals surface area contributed by atoms with Gasteiger partial charge in [0, 0.05) is 25.3 Å². The van der Waals surface area contributed by atoms with Gasteiger partial charge in [-0.1, -0.05) is 18.2 Å². The molecule has 0 heterocycles. The molecule has 0 spiro atoms. The van der Waals surface area contributed by atoms with Gasteiger partial charge in [0.2, 0.25) is 10.0 Å². The lowest BCUT2D eigenvalue weighted by Gasteiger charge is -2.12. The molecular formula is C13H21IN4O2S. The number of sulfonamides is 1. The number of para-hydroxylation sites is 1. The molecular weight excluding hydrogens is 403 g/mol. The molecule has 0 bridgehead atoms. The molecule has 0 amide bonds. The highest BCUT2D eigenvalue weighted by Crippen LogP contribution is 2.18. The minimum absolute atomic E-state index is 0. The van der Waals surface area contributed by atoms with Gasteiger partial charge in [0.15, 0.2) is 5.96 Å². The van der Waals surface area contributed by atoms with Crippen molar-refractivity contribution in [1.29, 1.82) is 0 Å². The Kier molecular flexibility index (Phi) is 7.23. The van der Waals surface area contributed by atoms with Crippen LogP contribution in [0.25, 0.3) is 0 Å². The zero-order valence-corrected chi connectivity index (χ0v) is 15.0. The second-order valence-corrected chi connectivity index (χ2v) is 6.55. The maximum Gasteiger partial charge on any atom is 0.234 e. The van der Waals surface area contributed by atoms with Gasteiger partial charge in [-0.25, -0.2) is 8.42 Å². The Balaban J connectivity index is 0.00000220. The predicted octanol–water partition coefficient (Wildman–Crippen LogP) is 1.37. The molecule has 0 radical (unpaired) electrons. The number of benzene rings is 1. The molecule has 0 unspecified atom stereocenters. The number of anilines is 1. The van der Waals surface area contributed by atoms with Crippen LogP contribution < -0.4 is 15.4 Å². The monoisotopic (exact) mass is 424 g/mol. The van der Waals surface area contributed by atoms with Crippen LogP contribution in [0.4, 0.5) is 5.69 Å². The maximum atomic E-state index is 11.9. The number of nitrogens with zero attached hydrogens (tertiary/aromatic N) is 1. The number of guanidine groups is 1. The average Bonchev–Trinajstić information content (AvgIpc) is 3.22. The fourth-order valence-corrected chi connectivity index (χ4v) is 2.62. The summed E-state index contributed by atoms with van der Waals surface area (Å²) >= 11 is 0. The summed E-state index contributed by atoms with van der Waals surface area (Å²) in [5, 5.41) is 6.20. The molecule has 0 aromatic heterocycles. The van der Waals surface area contributed by atoms with E-state index in [-0.39, 0.29) is 29.7 Å². The van der Waals surface area contributed by atoms with Gasteiger partial charge in [0.05, 0.1) is 5.75 Å². The first-order chi connectivity index (χ1) is 9.59. The summed E-state index contributed by atoms with van der Waals surface area (Å²) in [4.78, 5) is 4.05. The van der Waals surface area contributed by atoms with Crippen LogP contribution in [0.3, 0.4) is 0 Å². The molecule has 0 saturated heterocycles. The van der Waals surface area contributed by atoms with Crippen LogP contribution in [-0.2, 0) is 10.0 Å². The Morgan fingerprint density at radius 3 is 2.52 bits per heavy atom. The van der Waals surface area contributed by atoms with Crippen molar-refractivity contribution < 1.29 is 8.42 Å². The molecule has 1 aliphatic rings. The molecule has 8 heteroatoms. The van der Waals surface area contributed by atoms with E-state index in [0.29, 0.717) is 24.2 Å². The van der Waals surface area contributed by atoms with Crippen LogP contribution in [0.15, 0.2) is 35.3 Å². The maximum absolute atomic E-state index is 11.9. The van der Waals surface area contributed by atoms with Crippen LogP contribution in [0, 0.1) is 0 Å². The summed E-state index contributed by atoms with van der Waals surface area (Å²) in [7, 11) is -1.67. The van der Waals surface area contributed by atoms with Crippen molar-refractivity contribution in [3.63, 3.8) is 0 Å². The minimum Gasteiger partial charge on any atom is -0.355 e. The third-order valence-electron chi connectivity index (χ3n) is 2.85. The molecule has 118 valence electrons. The minimum atomic E-state index is -3.35. The van der Waals surface area contributed by atoms with Crippen LogP contribution in [0.1, 0.15) is 12.8 Å². The third-order valence-corrected chi connectivity index (χ3v) is 4.14. The van der Waals surface area contributed by atoms with Gasteiger partial charge in [-0.15, -0.1) is 24.0 Å². The van der Waals surface area contributed by atoms with Gasteiger partial charge < -0.3 is 10.6 Å². The first-order valence-electron chi connectivity index (χ1n) is 6.62. The van der Waals surface area contributed by atoms with E-state index in [9.17, 15) is 8.42 Å². The number of rotatable bonds is 6. The molecule has 2 rings (SSSR count). The van der Waals surface area contributed by atoms with Crippen molar-refractivity contribution in [1.82, 2.24) is 10.6 Å². The van der Waals surface area contributed by atoms with Gasteiger partial charge in [0.1, 0.15) is 0 Å². The van der Waals surface area contributed by atoms with E-state index in [1.807, 2.05) is 6.07 Å². The van der Waals surface area contributed by atoms with Crippen LogP contribution >= 0.6 is 24.0 Å². The molecule has 1 fully saturated rings. The molecule has 0 atom stereocenters. The Labute approximate surface area is 142 Å². The lowest BCUT2D eigenvalue weighted by Crippen LogP contribution is -2.41. The molecule has 1 aliphatic carbocycles. The van der Waals surface area contributed by atoms with E-state index in [1.165, 1.54) is 0 Å². The lowest BCUT2D eigenvalue weighted by atomic mass is 10.3. The van der Waals surface area contributed by atoms with E-state index in [1.54, 1.807) is 31.3 Å². The van der Waals surface area contributed by atoms with Crippen LogP contribution in [0.5, 0.6) is 0 Å². The van der Waals surface area contributed by atoms with E-state index in [2.05, 4.69) is 20.3 Å². The molecule has 0 aliphatic heterocycles. The van der Waals surface area contributed by atoms with Crippen molar-refractivity contribution in [2.75, 3.05) is 24.1 Å². The van der Waals surface area contributed by atoms with Gasteiger partial charge in [0.25, 0.3) is 0 Å². The van der Waals surface area contributed by atoms with E-state index in [4.69, 9.17) is 0 Å². The summed E-state index contributed by atoms with van der Waals surface area (Å²) in [6.45, 7) is 0.314. The Bertz CT molecular complexity index is 559. The van der Waals surface area contributed by atoms with E-state index < -0.39 is 10.0 Å². The number of nitrogens with one attached hydrogen (secondary N) is 3. The predicted molar refractivity (Wildman–Crippen MR) is 96.8 cm³/mol. The Morgan fingerprint density at radius 1 is 1.29 bits per heavy atom. The standard InChI is InChI=1S/C13H20N4O2S.HI/c1-14-13(16-11-7-8-11)15-9-10-20(18,19)17-12-5-3-2-4-6-12;/h2-6,11,17H,7-10H2,1H3,(H2,14,15,16);1H. The van der Waals surface area contributed by atoms with Crippen molar-refractivity contribution in [3.05, 3.63) is 30.3 Å². The Morgan fingerprint density at radius 2 is 1.95 bits per heavy atom. The number of aliphatic imine (C=N–C) groups is 1. The SMILES string of the molecule is CN=C(NCCS(=O)(=O)Nc1ccccc1)NC1CC1.I. The van der Waals surface area contributed by atoms with Crippen LogP contribution in [0.2, 0.25) is 0 Å². The van der Waals surface area contributed by atoms with Crippen molar-refractivity contribution >= 4 is 45.6 Å². The second-order valence-electron chi connectivity index (χ2n) is 4.70. The van der Waals surface area contributed by atoms with Gasteiger partial charge in [-0.2, -0.15) is 0 Å². The average molecular weight is 424 g/mol. The first-order valence-corrected chi connectivity index (χ1v) is 8.27. The van der Waals surface area contributed by atoms with Crippen molar-refractivity contribution in [3.8, 4) is 0 Å². The number of halogens is 1. The van der Waals surface area contributed by atoms with E-state index >= 15 is 0 Å². The topological polar surface area (TPSA) is 82.6 Å². The summed E-state index contributed by atoms with van der Waals surface area (Å²) < 4.78 is 26.3. The highest BCUT2D eigenvalue weighted by molar-refractivity contribution is 14.0. The molecule has 1 saturated carbocycles. The van der Waals surface area contributed by atoms with E-state index in [0.717, 1.165) is 12.8 Å². The van der Waals surface area contributed by atoms with Crippen LogP contribution in [-0.4, -0.2) is 39.8 Å². The summed E-state index contributed by atoms with van der Waals surface area (Å²) in [5.74, 6) is 0.648. The summed E-state index contributed by atoms with van der Waals surface area (Å²) in [6.07, 6.45) is 2.29. The van der Waals surface area contributed by atoms with Gasteiger partial charge >= 0.3 is 0 Å².